The molecule has 2 aromatic carbocycles. The lowest BCUT2D eigenvalue weighted by atomic mass is 10.0. The van der Waals surface area contributed by atoms with Crippen LogP contribution >= 0.6 is 22.9 Å². The van der Waals surface area contributed by atoms with Gasteiger partial charge in [0, 0.05) is 18.1 Å². The molecule has 3 nitrogen and oxygen atoms in total. The predicted molar refractivity (Wildman–Crippen MR) is 83.5 cm³/mol. The van der Waals surface area contributed by atoms with Crippen molar-refractivity contribution in [3.8, 4) is 0 Å². The van der Waals surface area contributed by atoms with Gasteiger partial charge in [-0.1, -0.05) is 30.3 Å². The van der Waals surface area contributed by atoms with E-state index in [1.54, 1.807) is 36.4 Å². The number of rotatable bonds is 3. The van der Waals surface area contributed by atoms with Crippen molar-refractivity contribution in [1.82, 2.24) is 0 Å². The van der Waals surface area contributed by atoms with Gasteiger partial charge in [-0.25, -0.2) is 0 Å². The quantitative estimate of drug-likeness (QED) is 0.473. The molecule has 0 unspecified atom stereocenters. The Morgan fingerprint density at radius 3 is 1.95 bits per heavy atom. The number of hydrogen-bond donors (Lipinski definition) is 0. The number of anilines is 1. The van der Waals surface area contributed by atoms with Crippen LogP contribution in [0.2, 0.25) is 0 Å². The molecule has 96 valence electrons. The minimum Gasteiger partial charge on any atom is -0.289 e. The van der Waals surface area contributed by atoms with Gasteiger partial charge in [0.15, 0.2) is 5.78 Å². The third kappa shape index (κ3) is 3.20. The van der Waals surface area contributed by atoms with Crippen molar-refractivity contribution in [2.24, 2.45) is 0 Å². The lowest BCUT2D eigenvalue weighted by molar-refractivity contribution is -0.115. The molecule has 0 radical (unpaired) electrons. The summed E-state index contributed by atoms with van der Waals surface area (Å²) in [5, 5.41) is 0. The van der Waals surface area contributed by atoms with E-state index in [4.69, 9.17) is 0 Å². The van der Waals surface area contributed by atoms with Crippen LogP contribution in [-0.4, -0.2) is 11.7 Å². The van der Waals surface area contributed by atoms with E-state index < -0.39 is 0 Å². The minimum absolute atomic E-state index is 0.0185. The molecule has 2 aromatic rings. The first-order valence-corrected chi connectivity index (χ1v) is 6.72. The second kappa shape index (κ2) is 5.97. The molecule has 0 bridgehead atoms. The third-order valence-electron chi connectivity index (χ3n) is 2.67. The molecule has 0 aliphatic heterocycles. The van der Waals surface area contributed by atoms with Crippen LogP contribution in [0.15, 0.2) is 54.6 Å². The molecule has 19 heavy (non-hydrogen) atoms. The first-order valence-electron chi connectivity index (χ1n) is 5.76. The molecule has 2 rings (SSSR count). The lowest BCUT2D eigenvalue weighted by Gasteiger charge is -2.12. The average Bonchev–Trinajstić information content (AvgIpc) is 2.46. The van der Waals surface area contributed by atoms with Crippen LogP contribution in [0.4, 0.5) is 5.69 Å². The fourth-order valence-corrected chi connectivity index (χ4v) is 2.00. The van der Waals surface area contributed by atoms with E-state index in [1.807, 2.05) is 41.1 Å². The van der Waals surface area contributed by atoms with Gasteiger partial charge in [-0.15, -0.1) is 0 Å². The summed E-state index contributed by atoms with van der Waals surface area (Å²) in [7, 11) is 0. The standard InChI is InChI=1S/C15H12INO2/c1-11(18)17(16)14-9-7-13(8-10-14)15(19)12-5-3-2-4-6-12/h2-10H,1H3. The number of benzene rings is 2. The van der Waals surface area contributed by atoms with Gasteiger partial charge in [0.25, 0.3) is 0 Å². The van der Waals surface area contributed by atoms with Crippen molar-refractivity contribution >= 4 is 40.2 Å². The maximum atomic E-state index is 12.2. The summed E-state index contributed by atoms with van der Waals surface area (Å²) in [6.45, 7) is 1.50. The Morgan fingerprint density at radius 1 is 0.895 bits per heavy atom. The zero-order valence-corrected chi connectivity index (χ0v) is 12.5. The van der Waals surface area contributed by atoms with Gasteiger partial charge in [0.1, 0.15) is 0 Å². The summed E-state index contributed by atoms with van der Waals surface area (Å²) in [6, 6.07) is 16.1. The first-order chi connectivity index (χ1) is 9.09. The number of halogens is 1. The molecule has 0 N–H and O–H groups in total. The summed E-state index contributed by atoms with van der Waals surface area (Å²) in [5.41, 5.74) is 2.04. The van der Waals surface area contributed by atoms with Gasteiger partial charge in [-0.3, -0.25) is 12.7 Å². The molecule has 0 saturated carbocycles. The fourth-order valence-electron chi connectivity index (χ4n) is 1.68. The van der Waals surface area contributed by atoms with Gasteiger partial charge in [0.2, 0.25) is 5.91 Å². The highest BCUT2D eigenvalue weighted by atomic mass is 127. The van der Waals surface area contributed by atoms with Crippen LogP contribution in [0.5, 0.6) is 0 Å². The number of amides is 1. The maximum Gasteiger partial charge on any atom is 0.232 e. The third-order valence-corrected chi connectivity index (χ3v) is 3.91. The topological polar surface area (TPSA) is 37.4 Å². The zero-order chi connectivity index (χ0) is 13.8. The summed E-state index contributed by atoms with van der Waals surface area (Å²) >= 11 is 1.94. The molecule has 0 fully saturated rings. The Labute approximate surface area is 125 Å². The molecule has 1 amide bonds. The summed E-state index contributed by atoms with van der Waals surface area (Å²) < 4.78 is 1.51. The van der Waals surface area contributed by atoms with Crippen molar-refractivity contribution in [3.05, 3.63) is 65.7 Å². The van der Waals surface area contributed by atoms with Gasteiger partial charge in [-0.2, -0.15) is 0 Å². The van der Waals surface area contributed by atoms with E-state index in [0.717, 1.165) is 5.69 Å². The van der Waals surface area contributed by atoms with Crippen LogP contribution in [-0.2, 0) is 4.79 Å². The van der Waals surface area contributed by atoms with Gasteiger partial charge < -0.3 is 0 Å². The fraction of sp³-hybridized carbons (Fsp3) is 0.0667. The Hall–Kier alpha value is -1.69. The molecule has 0 atom stereocenters. The molecule has 0 heterocycles. The van der Waals surface area contributed by atoms with Crippen molar-refractivity contribution < 1.29 is 9.59 Å². The molecule has 0 spiro atoms. The Bertz CT molecular complexity index is 593. The molecule has 0 aromatic heterocycles. The Morgan fingerprint density at radius 2 is 1.42 bits per heavy atom. The number of nitrogens with zero attached hydrogens (tertiary/aromatic N) is 1. The van der Waals surface area contributed by atoms with Crippen LogP contribution in [0.1, 0.15) is 22.8 Å². The second-order valence-corrected chi connectivity index (χ2v) is 5.01. The van der Waals surface area contributed by atoms with Crippen molar-refractivity contribution in [2.75, 3.05) is 3.11 Å². The van der Waals surface area contributed by atoms with E-state index in [0.29, 0.717) is 11.1 Å². The number of carbonyl (C=O) groups excluding carboxylic acids is 2. The van der Waals surface area contributed by atoms with Crippen molar-refractivity contribution in [3.63, 3.8) is 0 Å². The van der Waals surface area contributed by atoms with Gasteiger partial charge in [0.05, 0.1) is 28.6 Å². The highest BCUT2D eigenvalue weighted by Gasteiger charge is 2.11. The highest BCUT2D eigenvalue weighted by molar-refractivity contribution is 14.1. The average molecular weight is 365 g/mol. The maximum absolute atomic E-state index is 12.2. The van der Waals surface area contributed by atoms with Crippen LogP contribution in [0.3, 0.4) is 0 Å². The number of hydrogen-bond acceptors (Lipinski definition) is 2. The van der Waals surface area contributed by atoms with E-state index in [2.05, 4.69) is 0 Å². The summed E-state index contributed by atoms with van der Waals surface area (Å²) in [5.74, 6) is -0.0716. The van der Waals surface area contributed by atoms with E-state index in [1.165, 1.54) is 10.0 Å². The molecular formula is C15H12INO2. The monoisotopic (exact) mass is 365 g/mol. The minimum atomic E-state index is -0.0530. The van der Waals surface area contributed by atoms with Crippen LogP contribution in [0, 0.1) is 0 Å². The smallest absolute Gasteiger partial charge is 0.232 e. The summed E-state index contributed by atoms with van der Waals surface area (Å²) in [6.07, 6.45) is 0. The predicted octanol–water partition coefficient (Wildman–Crippen LogP) is 3.62. The van der Waals surface area contributed by atoms with Gasteiger partial charge in [-0.05, 0) is 24.3 Å². The largest absolute Gasteiger partial charge is 0.289 e. The van der Waals surface area contributed by atoms with Crippen molar-refractivity contribution in [2.45, 2.75) is 6.92 Å². The summed E-state index contributed by atoms with van der Waals surface area (Å²) in [4.78, 5) is 23.4. The number of carbonyl (C=O) groups is 2. The molecule has 0 aliphatic carbocycles. The first kappa shape index (κ1) is 13.7. The van der Waals surface area contributed by atoms with Crippen LogP contribution in [0.25, 0.3) is 0 Å². The molecule has 0 aliphatic rings. The van der Waals surface area contributed by atoms with E-state index in [9.17, 15) is 9.59 Å². The van der Waals surface area contributed by atoms with E-state index >= 15 is 0 Å². The SMILES string of the molecule is CC(=O)N(I)c1ccc(C(=O)c2ccccc2)cc1. The zero-order valence-electron chi connectivity index (χ0n) is 10.3. The molecule has 0 saturated heterocycles. The second-order valence-electron chi connectivity index (χ2n) is 4.04. The van der Waals surface area contributed by atoms with Gasteiger partial charge >= 0.3 is 0 Å². The normalized spacial score (nSPS) is 10.0. The van der Waals surface area contributed by atoms with Crippen LogP contribution < -0.4 is 3.11 Å². The Kier molecular flexibility index (Phi) is 4.31. The molecule has 4 heteroatoms. The molecular weight excluding hydrogens is 353 g/mol. The highest BCUT2D eigenvalue weighted by Crippen LogP contribution is 2.20. The Balaban J connectivity index is 2.24. The lowest BCUT2D eigenvalue weighted by Crippen LogP contribution is -2.15. The van der Waals surface area contributed by atoms with Crippen molar-refractivity contribution in [1.29, 1.82) is 0 Å². The number of ketones is 1. The van der Waals surface area contributed by atoms with E-state index in [-0.39, 0.29) is 11.7 Å².